The highest BCUT2D eigenvalue weighted by atomic mass is 19.1. The summed E-state index contributed by atoms with van der Waals surface area (Å²) in [6.07, 6.45) is -0.305. The molecule has 0 bridgehead atoms. The molecule has 1 atom stereocenters. The summed E-state index contributed by atoms with van der Waals surface area (Å²) in [6, 6.07) is 12.9. The van der Waals surface area contributed by atoms with Gasteiger partial charge in [-0.1, -0.05) is 24.3 Å². The lowest BCUT2D eigenvalue weighted by atomic mass is 10.2. The van der Waals surface area contributed by atoms with E-state index in [9.17, 15) is 14.0 Å². The van der Waals surface area contributed by atoms with Crippen molar-refractivity contribution in [2.24, 2.45) is 0 Å². The van der Waals surface area contributed by atoms with Crippen molar-refractivity contribution in [2.75, 3.05) is 26.7 Å². The van der Waals surface area contributed by atoms with Gasteiger partial charge in [0.05, 0.1) is 18.7 Å². The lowest BCUT2D eigenvalue weighted by molar-refractivity contribution is -0.130. The molecular weight excluding hydrogens is 339 g/mol. The van der Waals surface area contributed by atoms with Crippen molar-refractivity contribution in [3.8, 4) is 11.5 Å². The van der Waals surface area contributed by atoms with Gasteiger partial charge >= 0.3 is 0 Å². The quantitative estimate of drug-likeness (QED) is 0.886. The summed E-state index contributed by atoms with van der Waals surface area (Å²) in [5, 5.41) is 2.43. The maximum Gasteiger partial charge on any atom is 0.254 e. The monoisotopic (exact) mass is 358 g/mol. The Morgan fingerprint density at radius 2 is 1.85 bits per heavy atom. The first-order chi connectivity index (χ1) is 12.5. The average molecular weight is 358 g/mol. The lowest BCUT2D eigenvalue weighted by Crippen LogP contribution is -2.45. The van der Waals surface area contributed by atoms with Gasteiger partial charge in [-0.05, 0) is 24.3 Å². The fourth-order valence-corrected chi connectivity index (χ4v) is 2.59. The smallest absolute Gasteiger partial charge is 0.254 e. The fourth-order valence-electron chi connectivity index (χ4n) is 2.59. The molecule has 0 saturated heterocycles. The van der Waals surface area contributed by atoms with Crippen LogP contribution in [0.3, 0.4) is 0 Å². The molecule has 6 nitrogen and oxygen atoms in total. The van der Waals surface area contributed by atoms with Crippen molar-refractivity contribution in [1.29, 1.82) is 0 Å². The molecule has 1 unspecified atom stereocenters. The molecule has 2 amide bonds. The van der Waals surface area contributed by atoms with Gasteiger partial charge in [-0.25, -0.2) is 4.39 Å². The molecule has 2 aromatic rings. The van der Waals surface area contributed by atoms with Crippen molar-refractivity contribution in [2.45, 2.75) is 6.10 Å². The summed E-state index contributed by atoms with van der Waals surface area (Å²) in [6.45, 7) is 0.410. The van der Waals surface area contributed by atoms with Crippen LogP contribution in [0.2, 0.25) is 0 Å². The third-order valence-corrected chi connectivity index (χ3v) is 3.99. The fraction of sp³-hybridized carbons (Fsp3) is 0.263. The number of rotatable bonds is 5. The minimum atomic E-state index is -0.629. The largest absolute Gasteiger partial charge is 0.486 e. The van der Waals surface area contributed by atoms with Gasteiger partial charge in [0.15, 0.2) is 17.6 Å². The zero-order valence-corrected chi connectivity index (χ0v) is 14.3. The Kier molecular flexibility index (Phi) is 5.36. The van der Waals surface area contributed by atoms with Crippen LogP contribution >= 0.6 is 0 Å². The molecule has 1 aliphatic rings. The maximum absolute atomic E-state index is 13.6. The van der Waals surface area contributed by atoms with Crippen LogP contribution in [0.25, 0.3) is 0 Å². The number of nitrogens with one attached hydrogen (secondary N) is 1. The van der Waals surface area contributed by atoms with E-state index in [-0.39, 0.29) is 24.1 Å². The minimum absolute atomic E-state index is 0.0939. The molecule has 3 rings (SSSR count). The second kappa shape index (κ2) is 7.86. The standard InChI is InChI=1S/C19H19FN2O4/c1-22(11-13-12-25-16-8-4-5-9-17(16)26-13)18(23)10-21-19(24)14-6-2-3-7-15(14)20/h2-9,13H,10-12H2,1H3,(H,21,24). The molecule has 0 spiro atoms. The van der Waals surface area contributed by atoms with Crippen LogP contribution in [0.1, 0.15) is 10.4 Å². The second-order valence-corrected chi connectivity index (χ2v) is 5.93. The molecule has 0 fully saturated rings. The normalized spacial score (nSPS) is 15.2. The van der Waals surface area contributed by atoms with Crippen molar-refractivity contribution >= 4 is 11.8 Å². The molecule has 7 heteroatoms. The number of benzene rings is 2. The van der Waals surface area contributed by atoms with E-state index in [4.69, 9.17) is 9.47 Å². The number of hydrogen-bond acceptors (Lipinski definition) is 4. The Balaban J connectivity index is 1.49. The van der Waals surface area contributed by atoms with Crippen molar-refractivity contribution in [3.05, 3.63) is 59.9 Å². The molecule has 0 aliphatic carbocycles. The Morgan fingerprint density at radius 3 is 2.62 bits per heavy atom. The summed E-state index contributed by atoms with van der Waals surface area (Å²) in [5.41, 5.74) is -0.0939. The molecule has 136 valence electrons. The molecule has 0 saturated carbocycles. The topological polar surface area (TPSA) is 67.9 Å². The number of likely N-dealkylation sites (N-methyl/N-ethyl adjacent to an activating group) is 1. The molecular formula is C19H19FN2O4. The number of nitrogens with zero attached hydrogens (tertiary/aromatic N) is 1. The first-order valence-corrected chi connectivity index (χ1v) is 8.20. The minimum Gasteiger partial charge on any atom is -0.486 e. The van der Waals surface area contributed by atoms with Crippen molar-refractivity contribution < 1.29 is 23.5 Å². The lowest BCUT2D eigenvalue weighted by Gasteiger charge is -2.29. The first-order valence-electron chi connectivity index (χ1n) is 8.20. The Bertz CT molecular complexity index is 812. The Hall–Kier alpha value is -3.09. The first kappa shape index (κ1) is 17.7. The number of hydrogen-bond donors (Lipinski definition) is 1. The van der Waals surface area contributed by atoms with Crippen LogP contribution in [0.4, 0.5) is 4.39 Å². The van der Waals surface area contributed by atoms with E-state index in [1.54, 1.807) is 19.2 Å². The maximum atomic E-state index is 13.6. The highest BCUT2D eigenvalue weighted by Crippen LogP contribution is 2.30. The highest BCUT2D eigenvalue weighted by Gasteiger charge is 2.24. The third-order valence-electron chi connectivity index (χ3n) is 3.99. The molecule has 0 aromatic heterocycles. The summed E-state index contributed by atoms with van der Waals surface area (Å²) < 4.78 is 25.0. The van der Waals surface area contributed by atoms with Crippen LogP contribution < -0.4 is 14.8 Å². The van der Waals surface area contributed by atoms with Crippen LogP contribution in [0, 0.1) is 5.82 Å². The zero-order valence-electron chi connectivity index (χ0n) is 14.3. The zero-order chi connectivity index (χ0) is 18.5. The summed E-state index contributed by atoms with van der Waals surface area (Å²) >= 11 is 0. The number of amides is 2. The van der Waals surface area contributed by atoms with Gasteiger partial charge < -0.3 is 19.7 Å². The molecule has 0 radical (unpaired) electrons. The number of fused-ring (bicyclic) bond motifs is 1. The predicted octanol–water partition coefficient (Wildman–Crippen LogP) is 1.85. The third kappa shape index (κ3) is 4.11. The second-order valence-electron chi connectivity index (χ2n) is 5.93. The summed E-state index contributed by atoms with van der Waals surface area (Å²) in [5.74, 6) is -0.252. The van der Waals surface area contributed by atoms with Crippen LogP contribution in [0.15, 0.2) is 48.5 Å². The van der Waals surface area contributed by atoms with E-state index in [0.717, 1.165) is 0 Å². The van der Waals surface area contributed by atoms with Crippen LogP contribution in [-0.4, -0.2) is 49.6 Å². The highest BCUT2D eigenvalue weighted by molar-refractivity contribution is 5.96. The van der Waals surface area contributed by atoms with E-state index in [1.165, 1.54) is 23.1 Å². The van der Waals surface area contributed by atoms with Crippen LogP contribution in [0.5, 0.6) is 11.5 Å². The Labute approximate surface area is 150 Å². The number of ether oxygens (including phenoxy) is 2. The SMILES string of the molecule is CN(CC1COc2ccccc2O1)C(=O)CNC(=O)c1ccccc1F. The van der Waals surface area contributed by atoms with Gasteiger partial charge in [0.2, 0.25) is 5.91 Å². The van der Waals surface area contributed by atoms with Gasteiger partial charge in [-0.2, -0.15) is 0 Å². The van der Waals surface area contributed by atoms with E-state index in [1.807, 2.05) is 18.2 Å². The van der Waals surface area contributed by atoms with Gasteiger partial charge in [0.25, 0.3) is 5.91 Å². The van der Waals surface area contributed by atoms with Crippen molar-refractivity contribution in [1.82, 2.24) is 10.2 Å². The average Bonchev–Trinajstić information content (AvgIpc) is 2.66. The number of para-hydroxylation sites is 2. The van der Waals surface area contributed by atoms with Gasteiger partial charge in [-0.15, -0.1) is 0 Å². The summed E-state index contributed by atoms with van der Waals surface area (Å²) in [7, 11) is 1.61. The van der Waals surface area contributed by atoms with E-state index in [2.05, 4.69) is 5.32 Å². The molecule has 26 heavy (non-hydrogen) atoms. The van der Waals surface area contributed by atoms with Gasteiger partial charge in [0.1, 0.15) is 12.4 Å². The van der Waals surface area contributed by atoms with Crippen molar-refractivity contribution in [3.63, 3.8) is 0 Å². The number of carbonyl (C=O) groups is 2. The van der Waals surface area contributed by atoms with Gasteiger partial charge in [0, 0.05) is 7.05 Å². The molecule has 1 aliphatic heterocycles. The van der Waals surface area contributed by atoms with Gasteiger partial charge in [-0.3, -0.25) is 9.59 Å². The Morgan fingerprint density at radius 1 is 1.15 bits per heavy atom. The van der Waals surface area contributed by atoms with E-state index < -0.39 is 11.7 Å². The van der Waals surface area contributed by atoms with E-state index >= 15 is 0 Å². The molecule has 2 aromatic carbocycles. The number of carbonyl (C=O) groups excluding carboxylic acids is 2. The summed E-state index contributed by atoms with van der Waals surface area (Å²) in [4.78, 5) is 25.6. The molecule has 1 heterocycles. The van der Waals surface area contributed by atoms with E-state index in [0.29, 0.717) is 24.7 Å². The van der Waals surface area contributed by atoms with Crippen LogP contribution in [-0.2, 0) is 4.79 Å². The number of halogens is 1. The predicted molar refractivity (Wildman–Crippen MR) is 92.7 cm³/mol. The molecule has 1 N–H and O–H groups in total.